The second-order valence-corrected chi connectivity index (χ2v) is 4.80. The molecule has 0 radical (unpaired) electrons. The van der Waals surface area contributed by atoms with Gasteiger partial charge >= 0.3 is 0 Å². The number of rotatable bonds is 6. The van der Waals surface area contributed by atoms with Gasteiger partial charge < -0.3 is 5.32 Å². The van der Waals surface area contributed by atoms with E-state index in [2.05, 4.69) is 26.1 Å². The molecule has 1 aromatic rings. The van der Waals surface area contributed by atoms with E-state index >= 15 is 0 Å². The molecule has 1 unspecified atom stereocenters. The van der Waals surface area contributed by atoms with E-state index in [0.717, 1.165) is 24.9 Å². The predicted molar refractivity (Wildman–Crippen MR) is 67.0 cm³/mol. The summed E-state index contributed by atoms with van der Waals surface area (Å²) in [5.41, 5.74) is 0.832. The summed E-state index contributed by atoms with van der Waals surface area (Å²) >= 11 is 0. The molecule has 16 heavy (non-hydrogen) atoms. The Morgan fingerprint density at radius 1 is 1.19 bits per heavy atom. The van der Waals surface area contributed by atoms with E-state index in [1.165, 1.54) is 6.07 Å². The lowest BCUT2D eigenvalue weighted by atomic mass is 10.0. The zero-order chi connectivity index (χ0) is 12.0. The number of halogens is 1. The molecule has 0 aromatic heterocycles. The molecule has 2 heteroatoms. The molecular weight excluding hydrogens is 201 g/mol. The maximum atomic E-state index is 13.3. The fourth-order valence-corrected chi connectivity index (χ4v) is 1.64. The summed E-state index contributed by atoms with van der Waals surface area (Å²) in [5, 5.41) is 3.40. The van der Waals surface area contributed by atoms with Crippen molar-refractivity contribution in [3.8, 4) is 0 Å². The largest absolute Gasteiger partial charge is 0.314 e. The van der Waals surface area contributed by atoms with E-state index in [-0.39, 0.29) is 5.82 Å². The van der Waals surface area contributed by atoms with Crippen molar-refractivity contribution in [3.63, 3.8) is 0 Å². The maximum absolute atomic E-state index is 13.3. The van der Waals surface area contributed by atoms with Gasteiger partial charge in [0.05, 0.1) is 0 Å². The summed E-state index contributed by atoms with van der Waals surface area (Å²) in [6.07, 6.45) is 1.86. The molecule has 0 aliphatic carbocycles. The van der Waals surface area contributed by atoms with Crippen LogP contribution in [0.1, 0.15) is 32.8 Å². The van der Waals surface area contributed by atoms with Gasteiger partial charge in [0.2, 0.25) is 0 Å². The Bertz CT molecular complexity index is 309. The Morgan fingerprint density at radius 3 is 2.50 bits per heavy atom. The van der Waals surface area contributed by atoms with E-state index in [4.69, 9.17) is 0 Å². The fraction of sp³-hybridized carbons (Fsp3) is 0.571. The van der Waals surface area contributed by atoms with E-state index in [9.17, 15) is 4.39 Å². The van der Waals surface area contributed by atoms with Crippen LogP contribution >= 0.6 is 0 Å². The minimum absolute atomic E-state index is 0.0773. The van der Waals surface area contributed by atoms with E-state index in [1.807, 2.05) is 12.1 Å². The lowest BCUT2D eigenvalue weighted by Gasteiger charge is -2.14. The third-order valence-corrected chi connectivity index (χ3v) is 2.74. The van der Waals surface area contributed by atoms with Crippen molar-refractivity contribution in [2.45, 2.75) is 39.7 Å². The highest BCUT2D eigenvalue weighted by Crippen LogP contribution is 2.12. The molecule has 1 atom stereocenters. The molecule has 1 rings (SSSR count). The zero-order valence-electron chi connectivity index (χ0n) is 10.5. The second kappa shape index (κ2) is 6.64. The first kappa shape index (κ1) is 13.2. The summed E-state index contributed by atoms with van der Waals surface area (Å²) in [4.78, 5) is 0. The normalized spacial score (nSPS) is 13.1. The fourth-order valence-electron chi connectivity index (χ4n) is 1.64. The van der Waals surface area contributed by atoms with Crippen LogP contribution in [0.4, 0.5) is 4.39 Å². The van der Waals surface area contributed by atoms with Crippen LogP contribution < -0.4 is 5.32 Å². The Morgan fingerprint density at radius 2 is 1.88 bits per heavy atom. The van der Waals surface area contributed by atoms with Gasteiger partial charge in [-0.15, -0.1) is 0 Å². The summed E-state index contributed by atoms with van der Waals surface area (Å²) in [7, 11) is 0. The lowest BCUT2D eigenvalue weighted by molar-refractivity contribution is 0.450. The number of benzene rings is 1. The summed E-state index contributed by atoms with van der Waals surface area (Å²) in [6.45, 7) is 7.50. The number of nitrogens with one attached hydrogen (secondary N) is 1. The Kier molecular flexibility index (Phi) is 5.47. The molecular formula is C14H22FN. The maximum Gasteiger partial charge on any atom is 0.126 e. The highest BCUT2D eigenvalue weighted by atomic mass is 19.1. The lowest BCUT2D eigenvalue weighted by Crippen LogP contribution is -2.28. The molecule has 0 aliphatic heterocycles. The Labute approximate surface area is 98.1 Å². The molecule has 0 saturated heterocycles. The second-order valence-electron chi connectivity index (χ2n) is 4.80. The van der Waals surface area contributed by atoms with Crippen molar-refractivity contribution in [3.05, 3.63) is 35.6 Å². The smallest absolute Gasteiger partial charge is 0.126 e. The van der Waals surface area contributed by atoms with Gasteiger partial charge in [-0.2, -0.15) is 0 Å². The molecule has 1 N–H and O–H groups in total. The van der Waals surface area contributed by atoms with Crippen molar-refractivity contribution in [1.82, 2.24) is 5.32 Å². The SMILES string of the molecule is CC(CCc1ccccc1F)CNC(C)C. The van der Waals surface area contributed by atoms with Crippen LogP contribution in [0.25, 0.3) is 0 Å². The summed E-state index contributed by atoms with van der Waals surface area (Å²) < 4.78 is 13.3. The number of aryl methyl sites for hydroxylation is 1. The van der Waals surface area contributed by atoms with Crippen LogP contribution in [-0.2, 0) is 6.42 Å². The van der Waals surface area contributed by atoms with Gasteiger partial charge in [0.1, 0.15) is 5.82 Å². The monoisotopic (exact) mass is 223 g/mol. The van der Waals surface area contributed by atoms with Gasteiger partial charge in [0.25, 0.3) is 0 Å². The van der Waals surface area contributed by atoms with Gasteiger partial charge in [-0.25, -0.2) is 4.39 Å². The van der Waals surface area contributed by atoms with Crippen LogP contribution in [0.2, 0.25) is 0 Å². The minimum Gasteiger partial charge on any atom is -0.314 e. The number of hydrogen-bond donors (Lipinski definition) is 1. The first-order valence-corrected chi connectivity index (χ1v) is 6.06. The third kappa shape index (κ3) is 4.75. The van der Waals surface area contributed by atoms with Crippen molar-refractivity contribution in [1.29, 1.82) is 0 Å². The van der Waals surface area contributed by atoms with E-state index in [0.29, 0.717) is 12.0 Å². The first-order valence-electron chi connectivity index (χ1n) is 6.06. The molecule has 0 heterocycles. The van der Waals surface area contributed by atoms with Gasteiger partial charge in [0, 0.05) is 6.04 Å². The quantitative estimate of drug-likeness (QED) is 0.779. The molecule has 0 saturated carbocycles. The predicted octanol–water partition coefficient (Wildman–Crippen LogP) is 3.39. The van der Waals surface area contributed by atoms with E-state index < -0.39 is 0 Å². The molecule has 0 amide bonds. The molecule has 0 spiro atoms. The third-order valence-electron chi connectivity index (χ3n) is 2.74. The topological polar surface area (TPSA) is 12.0 Å². The standard InChI is InChI=1S/C14H22FN/c1-11(2)16-10-12(3)8-9-13-6-4-5-7-14(13)15/h4-7,11-12,16H,8-10H2,1-3H3. The van der Waals surface area contributed by atoms with Gasteiger partial charge in [-0.1, -0.05) is 39.0 Å². The first-order chi connectivity index (χ1) is 7.59. The van der Waals surface area contributed by atoms with Crippen LogP contribution in [0.5, 0.6) is 0 Å². The van der Waals surface area contributed by atoms with Crippen LogP contribution in [0, 0.1) is 11.7 Å². The van der Waals surface area contributed by atoms with Crippen molar-refractivity contribution >= 4 is 0 Å². The van der Waals surface area contributed by atoms with Crippen LogP contribution in [0.15, 0.2) is 24.3 Å². The molecule has 0 fully saturated rings. The molecule has 0 aliphatic rings. The zero-order valence-corrected chi connectivity index (χ0v) is 10.5. The van der Waals surface area contributed by atoms with Gasteiger partial charge in [-0.3, -0.25) is 0 Å². The van der Waals surface area contributed by atoms with Crippen molar-refractivity contribution in [2.75, 3.05) is 6.54 Å². The van der Waals surface area contributed by atoms with Gasteiger partial charge in [-0.05, 0) is 36.9 Å². The van der Waals surface area contributed by atoms with Crippen molar-refractivity contribution < 1.29 is 4.39 Å². The highest BCUT2D eigenvalue weighted by molar-refractivity contribution is 5.17. The average Bonchev–Trinajstić information content (AvgIpc) is 2.25. The molecule has 1 aromatic carbocycles. The Hall–Kier alpha value is -0.890. The van der Waals surface area contributed by atoms with Crippen LogP contribution in [-0.4, -0.2) is 12.6 Å². The van der Waals surface area contributed by atoms with Crippen LogP contribution in [0.3, 0.4) is 0 Å². The molecule has 90 valence electrons. The summed E-state index contributed by atoms with van der Waals surface area (Å²) in [6, 6.07) is 7.57. The van der Waals surface area contributed by atoms with Crippen molar-refractivity contribution in [2.24, 2.45) is 5.92 Å². The molecule has 0 bridgehead atoms. The summed E-state index contributed by atoms with van der Waals surface area (Å²) in [5.74, 6) is 0.508. The Balaban J connectivity index is 2.31. The minimum atomic E-state index is -0.0773. The highest BCUT2D eigenvalue weighted by Gasteiger charge is 2.06. The van der Waals surface area contributed by atoms with Gasteiger partial charge in [0.15, 0.2) is 0 Å². The number of hydrogen-bond acceptors (Lipinski definition) is 1. The van der Waals surface area contributed by atoms with E-state index in [1.54, 1.807) is 6.07 Å². The average molecular weight is 223 g/mol. The molecule has 1 nitrogen and oxygen atoms in total.